The Balaban J connectivity index is 2.91. The van der Waals surface area contributed by atoms with E-state index in [1.54, 1.807) is 13.8 Å². The van der Waals surface area contributed by atoms with Gasteiger partial charge in [-0.05, 0) is 44.9 Å². The van der Waals surface area contributed by atoms with Gasteiger partial charge in [-0.15, -0.1) is 0 Å². The van der Waals surface area contributed by atoms with E-state index in [4.69, 9.17) is 5.73 Å². The van der Waals surface area contributed by atoms with Gasteiger partial charge >= 0.3 is 0 Å². The van der Waals surface area contributed by atoms with Crippen LogP contribution in [0.25, 0.3) is 0 Å². The topological polar surface area (TPSA) is 55.1 Å². The monoisotopic (exact) mass is 206 g/mol. The number of hydrogen-bond donors (Lipinski definition) is 2. The Kier molecular flexibility index (Phi) is 3.15. The second-order valence-corrected chi connectivity index (χ2v) is 4.42. The van der Waals surface area contributed by atoms with Gasteiger partial charge in [0.1, 0.15) is 0 Å². The molecule has 1 aromatic carbocycles. The summed E-state index contributed by atoms with van der Waals surface area (Å²) in [4.78, 5) is 11.7. The third-order valence-electron chi connectivity index (χ3n) is 2.44. The first-order chi connectivity index (χ1) is 6.82. The highest BCUT2D eigenvalue weighted by atomic mass is 16.2. The van der Waals surface area contributed by atoms with Gasteiger partial charge in [0.25, 0.3) is 0 Å². The summed E-state index contributed by atoms with van der Waals surface area (Å²) < 4.78 is 0. The smallest absolute Gasteiger partial charge is 0.243 e. The van der Waals surface area contributed by atoms with E-state index >= 15 is 0 Å². The third kappa shape index (κ3) is 2.80. The van der Waals surface area contributed by atoms with E-state index < -0.39 is 5.54 Å². The summed E-state index contributed by atoms with van der Waals surface area (Å²) >= 11 is 0. The van der Waals surface area contributed by atoms with Crippen LogP contribution in [0.3, 0.4) is 0 Å². The molecule has 0 heterocycles. The number of carbonyl (C=O) groups is 1. The number of aryl methyl sites for hydroxylation is 1. The van der Waals surface area contributed by atoms with E-state index in [0.29, 0.717) is 0 Å². The Hall–Kier alpha value is -1.35. The minimum absolute atomic E-state index is 0.170. The molecule has 1 amide bonds. The number of nitrogens with one attached hydrogen (secondary N) is 1. The highest BCUT2D eigenvalue weighted by molar-refractivity contribution is 5.97. The molecule has 82 valence electrons. The van der Waals surface area contributed by atoms with Crippen molar-refractivity contribution in [2.75, 3.05) is 5.32 Å². The van der Waals surface area contributed by atoms with Crippen LogP contribution < -0.4 is 11.1 Å². The molecule has 0 aliphatic rings. The summed E-state index contributed by atoms with van der Waals surface area (Å²) in [6.45, 7) is 7.37. The molecule has 0 atom stereocenters. The van der Waals surface area contributed by atoms with Gasteiger partial charge in [0, 0.05) is 5.69 Å². The molecular weight excluding hydrogens is 188 g/mol. The summed E-state index contributed by atoms with van der Waals surface area (Å²) in [5.41, 5.74) is 7.92. The van der Waals surface area contributed by atoms with Crippen molar-refractivity contribution >= 4 is 11.6 Å². The standard InChI is InChI=1S/C12H18N2O/c1-8-6-5-7-10(9(8)2)14-11(15)12(3,4)13/h5-7H,13H2,1-4H3,(H,14,15). The fraction of sp³-hybridized carbons (Fsp3) is 0.417. The Morgan fingerprint density at radius 1 is 1.33 bits per heavy atom. The molecule has 0 saturated heterocycles. The van der Waals surface area contributed by atoms with Crippen molar-refractivity contribution in [2.45, 2.75) is 33.2 Å². The van der Waals surface area contributed by atoms with E-state index in [2.05, 4.69) is 5.32 Å². The predicted octanol–water partition coefficient (Wildman–Crippen LogP) is 1.98. The van der Waals surface area contributed by atoms with Gasteiger partial charge in [-0.2, -0.15) is 0 Å². The quantitative estimate of drug-likeness (QED) is 0.777. The van der Waals surface area contributed by atoms with E-state index in [9.17, 15) is 4.79 Å². The Morgan fingerprint density at radius 3 is 2.47 bits per heavy atom. The lowest BCUT2D eigenvalue weighted by Gasteiger charge is -2.19. The lowest BCUT2D eigenvalue weighted by atomic mass is 10.0. The Morgan fingerprint density at radius 2 is 1.93 bits per heavy atom. The van der Waals surface area contributed by atoms with Crippen LogP contribution in [0.15, 0.2) is 18.2 Å². The maximum atomic E-state index is 11.7. The number of carbonyl (C=O) groups excluding carboxylic acids is 1. The van der Waals surface area contributed by atoms with Crippen molar-refractivity contribution in [3.63, 3.8) is 0 Å². The van der Waals surface area contributed by atoms with E-state index in [0.717, 1.165) is 16.8 Å². The normalized spacial score (nSPS) is 11.3. The van der Waals surface area contributed by atoms with Crippen molar-refractivity contribution in [2.24, 2.45) is 5.73 Å². The van der Waals surface area contributed by atoms with Crippen molar-refractivity contribution in [3.05, 3.63) is 29.3 Å². The van der Waals surface area contributed by atoms with Crippen molar-refractivity contribution < 1.29 is 4.79 Å². The number of amides is 1. The molecule has 1 aromatic rings. The van der Waals surface area contributed by atoms with Gasteiger partial charge in [-0.25, -0.2) is 0 Å². The molecule has 0 aromatic heterocycles. The zero-order valence-corrected chi connectivity index (χ0v) is 9.72. The van der Waals surface area contributed by atoms with Crippen LogP contribution in [0.2, 0.25) is 0 Å². The zero-order valence-electron chi connectivity index (χ0n) is 9.72. The summed E-state index contributed by atoms with van der Waals surface area (Å²) in [5, 5.41) is 2.83. The average Bonchev–Trinajstić information content (AvgIpc) is 2.11. The molecule has 15 heavy (non-hydrogen) atoms. The Bertz CT molecular complexity index is 378. The van der Waals surface area contributed by atoms with Gasteiger partial charge in [-0.3, -0.25) is 4.79 Å². The summed E-state index contributed by atoms with van der Waals surface area (Å²) in [7, 11) is 0. The minimum Gasteiger partial charge on any atom is -0.324 e. The maximum Gasteiger partial charge on any atom is 0.243 e. The molecule has 1 rings (SSSR count). The SMILES string of the molecule is Cc1cccc(NC(=O)C(C)(C)N)c1C. The molecule has 3 nitrogen and oxygen atoms in total. The largest absolute Gasteiger partial charge is 0.324 e. The summed E-state index contributed by atoms with van der Waals surface area (Å²) in [5.74, 6) is -0.170. The lowest BCUT2D eigenvalue weighted by Crippen LogP contribution is -2.45. The number of benzene rings is 1. The lowest BCUT2D eigenvalue weighted by molar-refractivity contribution is -0.120. The summed E-state index contributed by atoms with van der Waals surface area (Å²) in [6.07, 6.45) is 0. The van der Waals surface area contributed by atoms with Crippen LogP contribution in [0.1, 0.15) is 25.0 Å². The molecule has 0 spiro atoms. The van der Waals surface area contributed by atoms with E-state index in [-0.39, 0.29) is 5.91 Å². The number of rotatable bonds is 2. The molecule has 0 aliphatic carbocycles. The summed E-state index contributed by atoms with van der Waals surface area (Å²) in [6, 6.07) is 5.81. The molecule has 0 radical (unpaired) electrons. The van der Waals surface area contributed by atoms with Crippen LogP contribution >= 0.6 is 0 Å². The van der Waals surface area contributed by atoms with Crippen LogP contribution in [0.4, 0.5) is 5.69 Å². The molecule has 0 bridgehead atoms. The number of anilines is 1. The van der Waals surface area contributed by atoms with E-state index in [1.165, 1.54) is 0 Å². The maximum absolute atomic E-state index is 11.7. The number of nitrogens with two attached hydrogens (primary N) is 1. The first kappa shape index (κ1) is 11.7. The van der Waals surface area contributed by atoms with Crippen LogP contribution in [0, 0.1) is 13.8 Å². The molecule has 0 aliphatic heterocycles. The zero-order chi connectivity index (χ0) is 11.6. The average molecular weight is 206 g/mol. The molecular formula is C12H18N2O. The third-order valence-corrected chi connectivity index (χ3v) is 2.44. The Labute approximate surface area is 90.7 Å². The minimum atomic E-state index is -0.851. The van der Waals surface area contributed by atoms with Crippen LogP contribution in [0.5, 0.6) is 0 Å². The van der Waals surface area contributed by atoms with Crippen LogP contribution in [-0.2, 0) is 4.79 Å². The van der Waals surface area contributed by atoms with Crippen molar-refractivity contribution in [3.8, 4) is 0 Å². The van der Waals surface area contributed by atoms with Crippen molar-refractivity contribution in [1.29, 1.82) is 0 Å². The van der Waals surface area contributed by atoms with Crippen LogP contribution in [-0.4, -0.2) is 11.4 Å². The second-order valence-electron chi connectivity index (χ2n) is 4.42. The van der Waals surface area contributed by atoms with E-state index in [1.807, 2.05) is 32.0 Å². The van der Waals surface area contributed by atoms with Crippen molar-refractivity contribution in [1.82, 2.24) is 0 Å². The van der Waals surface area contributed by atoms with Gasteiger partial charge in [0.2, 0.25) is 5.91 Å². The van der Waals surface area contributed by atoms with Gasteiger partial charge < -0.3 is 11.1 Å². The fourth-order valence-corrected chi connectivity index (χ4v) is 1.17. The molecule has 0 saturated carbocycles. The van der Waals surface area contributed by atoms with Gasteiger partial charge in [-0.1, -0.05) is 12.1 Å². The second kappa shape index (κ2) is 4.03. The molecule has 3 N–H and O–H groups in total. The van der Waals surface area contributed by atoms with Gasteiger partial charge in [0.05, 0.1) is 5.54 Å². The fourth-order valence-electron chi connectivity index (χ4n) is 1.17. The highest BCUT2D eigenvalue weighted by Gasteiger charge is 2.22. The molecule has 3 heteroatoms. The first-order valence-electron chi connectivity index (χ1n) is 4.99. The predicted molar refractivity (Wildman–Crippen MR) is 62.8 cm³/mol. The number of hydrogen-bond acceptors (Lipinski definition) is 2. The molecule has 0 unspecified atom stereocenters. The first-order valence-corrected chi connectivity index (χ1v) is 4.99. The van der Waals surface area contributed by atoms with Gasteiger partial charge in [0.15, 0.2) is 0 Å². The highest BCUT2D eigenvalue weighted by Crippen LogP contribution is 2.18. The molecule has 0 fully saturated rings.